The molecule has 1 aliphatic rings. The first kappa shape index (κ1) is 13.9. The number of alkyl halides is 1. The Labute approximate surface area is 117 Å². The zero-order valence-corrected chi connectivity index (χ0v) is 11.8. The highest BCUT2D eigenvalue weighted by molar-refractivity contribution is 6.27. The Hall–Kier alpha value is -1.55. The van der Waals surface area contributed by atoms with Crippen LogP contribution in [-0.4, -0.2) is 30.3 Å². The number of amides is 2. The molecule has 0 radical (unpaired) electrons. The van der Waals surface area contributed by atoms with Gasteiger partial charge in [0.05, 0.1) is 6.04 Å². The Morgan fingerprint density at radius 1 is 1.42 bits per heavy atom. The summed E-state index contributed by atoms with van der Waals surface area (Å²) in [5.74, 6) is -0.279. The first-order chi connectivity index (χ1) is 9.01. The monoisotopic (exact) mass is 280 g/mol. The van der Waals surface area contributed by atoms with Gasteiger partial charge in [0.2, 0.25) is 11.8 Å². The number of carbonyl (C=O) groups excluding carboxylic acids is 2. The molecule has 1 N–H and O–H groups in total. The standard InChI is InChI=1S/C14H17ClN2O2/c1-9-3-4-12(5-10(9)2)17-8-11(6-14(17)19)16-13(18)7-15/h3-5,11H,6-8H2,1-2H3,(H,16,18). The largest absolute Gasteiger partial charge is 0.350 e. The van der Waals surface area contributed by atoms with E-state index in [4.69, 9.17) is 11.6 Å². The molecule has 2 amide bonds. The SMILES string of the molecule is Cc1ccc(N2CC(NC(=O)CCl)CC2=O)cc1C. The predicted octanol–water partition coefficient (Wildman–Crippen LogP) is 1.76. The van der Waals surface area contributed by atoms with Gasteiger partial charge in [-0.05, 0) is 37.1 Å². The number of anilines is 1. The van der Waals surface area contributed by atoms with Crippen molar-refractivity contribution in [2.45, 2.75) is 26.3 Å². The fourth-order valence-electron chi connectivity index (χ4n) is 2.21. The molecule has 5 heteroatoms. The second-order valence-corrected chi connectivity index (χ2v) is 5.14. The van der Waals surface area contributed by atoms with Gasteiger partial charge in [-0.1, -0.05) is 6.07 Å². The molecule has 2 rings (SSSR count). The maximum Gasteiger partial charge on any atom is 0.235 e. The molecule has 0 saturated carbocycles. The fourth-order valence-corrected chi connectivity index (χ4v) is 2.29. The molecule has 0 bridgehead atoms. The molecule has 1 fully saturated rings. The van der Waals surface area contributed by atoms with Crippen LogP contribution in [0.1, 0.15) is 17.5 Å². The highest BCUT2D eigenvalue weighted by Gasteiger charge is 2.31. The summed E-state index contributed by atoms with van der Waals surface area (Å²) in [6.45, 7) is 4.56. The number of hydrogen-bond donors (Lipinski definition) is 1. The van der Waals surface area contributed by atoms with Crippen LogP contribution in [0.2, 0.25) is 0 Å². The van der Waals surface area contributed by atoms with Gasteiger partial charge in [0.15, 0.2) is 0 Å². The van der Waals surface area contributed by atoms with Crippen LogP contribution in [0.25, 0.3) is 0 Å². The van der Waals surface area contributed by atoms with Crippen LogP contribution in [0, 0.1) is 13.8 Å². The van der Waals surface area contributed by atoms with Crippen molar-refractivity contribution in [1.82, 2.24) is 5.32 Å². The van der Waals surface area contributed by atoms with Crippen LogP contribution in [0.3, 0.4) is 0 Å². The molecule has 0 aliphatic carbocycles. The van der Waals surface area contributed by atoms with Crippen molar-refractivity contribution in [3.63, 3.8) is 0 Å². The summed E-state index contributed by atoms with van der Waals surface area (Å²) in [4.78, 5) is 25.0. The van der Waals surface area contributed by atoms with Crippen molar-refractivity contribution < 1.29 is 9.59 Å². The molecule has 1 unspecified atom stereocenters. The lowest BCUT2D eigenvalue weighted by molar-refractivity contribution is -0.119. The molecule has 0 spiro atoms. The predicted molar refractivity (Wildman–Crippen MR) is 75.5 cm³/mol. The van der Waals surface area contributed by atoms with Gasteiger partial charge in [0.25, 0.3) is 0 Å². The van der Waals surface area contributed by atoms with E-state index in [1.54, 1.807) is 4.90 Å². The maximum atomic E-state index is 12.0. The topological polar surface area (TPSA) is 49.4 Å². The molecular formula is C14H17ClN2O2. The summed E-state index contributed by atoms with van der Waals surface area (Å²) in [7, 11) is 0. The highest BCUT2D eigenvalue weighted by atomic mass is 35.5. The Balaban J connectivity index is 2.11. The van der Waals surface area contributed by atoms with E-state index in [0.717, 1.165) is 11.3 Å². The second kappa shape index (κ2) is 5.61. The third kappa shape index (κ3) is 3.07. The number of carbonyl (C=O) groups is 2. The van der Waals surface area contributed by atoms with Gasteiger partial charge in [-0.2, -0.15) is 0 Å². The number of aryl methyl sites for hydroxylation is 2. The Morgan fingerprint density at radius 3 is 2.79 bits per heavy atom. The smallest absolute Gasteiger partial charge is 0.235 e. The Kier molecular flexibility index (Phi) is 4.10. The number of rotatable bonds is 3. The van der Waals surface area contributed by atoms with E-state index in [2.05, 4.69) is 5.32 Å². The first-order valence-corrected chi connectivity index (χ1v) is 6.77. The van der Waals surface area contributed by atoms with Gasteiger partial charge in [0.1, 0.15) is 5.88 Å². The summed E-state index contributed by atoms with van der Waals surface area (Å²) >= 11 is 5.45. The molecule has 1 aliphatic heterocycles. The lowest BCUT2D eigenvalue weighted by Gasteiger charge is -2.18. The second-order valence-electron chi connectivity index (χ2n) is 4.88. The Morgan fingerprint density at radius 2 is 2.16 bits per heavy atom. The minimum Gasteiger partial charge on any atom is -0.350 e. The van der Waals surface area contributed by atoms with Gasteiger partial charge in [-0.25, -0.2) is 0 Å². The van der Waals surface area contributed by atoms with Crippen LogP contribution in [0.15, 0.2) is 18.2 Å². The average Bonchev–Trinajstić information content (AvgIpc) is 2.73. The van der Waals surface area contributed by atoms with Gasteiger partial charge < -0.3 is 10.2 Å². The van der Waals surface area contributed by atoms with Crippen LogP contribution < -0.4 is 10.2 Å². The fraction of sp³-hybridized carbons (Fsp3) is 0.429. The molecule has 1 aromatic rings. The zero-order chi connectivity index (χ0) is 14.0. The molecule has 19 heavy (non-hydrogen) atoms. The van der Waals surface area contributed by atoms with Crippen molar-refractivity contribution in [3.8, 4) is 0 Å². The van der Waals surface area contributed by atoms with Crippen molar-refractivity contribution in [3.05, 3.63) is 29.3 Å². The molecule has 0 aromatic heterocycles. The van der Waals surface area contributed by atoms with E-state index in [1.807, 2.05) is 32.0 Å². The minimum atomic E-state index is -0.235. The van der Waals surface area contributed by atoms with Gasteiger partial charge in [0, 0.05) is 18.7 Å². The lowest BCUT2D eigenvalue weighted by atomic mass is 10.1. The summed E-state index contributed by atoms with van der Waals surface area (Å²) in [6.07, 6.45) is 0.329. The minimum absolute atomic E-state index is 0.0307. The lowest BCUT2D eigenvalue weighted by Crippen LogP contribution is -2.37. The van der Waals surface area contributed by atoms with E-state index in [1.165, 1.54) is 5.56 Å². The van der Waals surface area contributed by atoms with Crippen LogP contribution in [-0.2, 0) is 9.59 Å². The number of benzene rings is 1. The number of hydrogen-bond acceptors (Lipinski definition) is 2. The van der Waals surface area contributed by atoms with Gasteiger partial charge >= 0.3 is 0 Å². The Bertz CT molecular complexity index is 516. The number of nitrogens with zero attached hydrogens (tertiary/aromatic N) is 1. The summed E-state index contributed by atoms with van der Waals surface area (Å²) in [5.41, 5.74) is 3.23. The summed E-state index contributed by atoms with van der Waals surface area (Å²) in [5, 5.41) is 2.75. The summed E-state index contributed by atoms with van der Waals surface area (Å²) < 4.78 is 0. The van der Waals surface area contributed by atoms with Crippen LogP contribution >= 0.6 is 11.6 Å². The highest BCUT2D eigenvalue weighted by Crippen LogP contribution is 2.24. The number of halogens is 1. The average molecular weight is 281 g/mol. The summed E-state index contributed by atoms with van der Waals surface area (Å²) in [6, 6.07) is 5.79. The molecule has 1 aromatic carbocycles. The first-order valence-electron chi connectivity index (χ1n) is 6.24. The van der Waals surface area contributed by atoms with E-state index < -0.39 is 0 Å². The van der Waals surface area contributed by atoms with E-state index in [9.17, 15) is 9.59 Å². The van der Waals surface area contributed by atoms with E-state index >= 15 is 0 Å². The van der Waals surface area contributed by atoms with Crippen molar-refractivity contribution >= 4 is 29.1 Å². The van der Waals surface area contributed by atoms with Gasteiger partial charge in [-0.15, -0.1) is 11.6 Å². The third-order valence-electron chi connectivity index (χ3n) is 3.41. The molecule has 1 atom stereocenters. The van der Waals surface area contributed by atoms with Crippen molar-refractivity contribution in [2.24, 2.45) is 0 Å². The molecule has 1 saturated heterocycles. The van der Waals surface area contributed by atoms with Crippen LogP contribution in [0.5, 0.6) is 0 Å². The van der Waals surface area contributed by atoms with E-state index in [-0.39, 0.29) is 23.7 Å². The van der Waals surface area contributed by atoms with Crippen LogP contribution in [0.4, 0.5) is 5.69 Å². The molecular weight excluding hydrogens is 264 g/mol. The quantitative estimate of drug-likeness (QED) is 0.858. The molecule has 4 nitrogen and oxygen atoms in total. The third-order valence-corrected chi connectivity index (χ3v) is 3.66. The van der Waals surface area contributed by atoms with E-state index in [0.29, 0.717) is 13.0 Å². The normalized spacial score (nSPS) is 18.8. The molecule has 1 heterocycles. The van der Waals surface area contributed by atoms with Gasteiger partial charge in [-0.3, -0.25) is 9.59 Å². The number of nitrogens with one attached hydrogen (secondary N) is 1. The zero-order valence-electron chi connectivity index (χ0n) is 11.1. The maximum absolute atomic E-state index is 12.0. The van der Waals surface area contributed by atoms with Crippen molar-refractivity contribution in [2.75, 3.05) is 17.3 Å². The van der Waals surface area contributed by atoms with Crippen molar-refractivity contribution in [1.29, 1.82) is 0 Å². The molecule has 102 valence electrons.